The zero-order valence-corrected chi connectivity index (χ0v) is 19.4. The van der Waals surface area contributed by atoms with Crippen molar-refractivity contribution in [3.05, 3.63) is 41.7 Å². The van der Waals surface area contributed by atoms with E-state index < -0.39 is 5.91 Å². The number of benzene rings is 1. The SMILES string of the molecule is CC(=O)NC1CCCN(c2cnc(C(N)=O)c(Nc3ccc(C4CCN(C=O)CC4)cc3)n2)C1. The van der Waals surface area contributed by atoms with Crippen molar-refractivity contribution in [2.45, 2.75) is 44.6 Å². The van der Waals surface area contributed by atoms with Crippen LogP contribution in [-0.4, -0.2) is 65.3 Å². The minimum absolute atomic E-state index is 0.0474. The van der Waals surface area contributed by atoms with Crippen molar-refractivity contribution in [1.29, 1.82) is 0 Å². The van der Waals surface area contributed by atoms with Crippen molar-refractivity contribution in [1.82, 2.24) is 20.2 Å². The monoisotopic (exact) mass is 465 g/mol. The van der Waals surface area contributed by atoms with Crippen molar-refractivity contribution in [2.75, 3.05) is 36.4 Å². The number of rotatable bonds is 7. The highest BCUT2D eigenvalue weighted by molar-refractivity contribution is 5.96. The predicted octanol–water partition coefficient (Wildman–Crippen LogP) is 1.76. The molecule has 10 nitrogen and oxygen atoms in total. The molecule has 0 aliphatic carbocycles. The number of hydrogen-bond donors (Lipinski definition) is 3. The lowest BCUT2D eigenvalue weighted by Crippen LogP contribution is -2.47. The summed E-state index contributed by atoms with van der Waals surface area (Å²) in [6.45, 7) is 4.48. The summed E-state index contributed by atoms with van der Waals surface area (Å²) in [5.41, 5.74) is 7.62. The second kappa shape index (κ2) is 10.5. The molecule has 180 valence electrons. The summed E-state index contributed by atoms with van der Waals surface area (Å²) in [6.07, 6.45) is 6.18. The molecular formula is C24H31N7O3. The highest BCUT2D eigenvalue weighted by Crippen LogP contribution is 2.29. The molecule has 0 spiro atoms. The molecule has 2 aliphatic rings. The number of hydrogen-bond acceptors (Lipinski definition) is 7. The molecule has 0 radical (unpaired) electrons. The number of primary amides is 1. The maximum Gasteiger partial charge on any atom is 0.271 e. The molecule has 0 bridgehead atoms. The predicted molar refractivity (Wildman–Crippen MR) is 129 cm³/mol. The minimum atomic E-state index is -0.658. The number of amides is 3. The summed E-state index contributed by atoms with van der Waals surface area (Å²) in [7, 11) is 0. The number of likely N-dealkylation sites (tertiary alicyclic amines) is 1. The summed E-state index contributed by atoms with van der Waals surface area (Å²) in [5.74, 6) is 0.641. The van der Waals surface area contributed by atoms with E-state index in [0.717, 1.165) is 57.4 Å². The highest BCUT2D eigenvalue weighted by Gasteiger charge is 2.24. The zero-order chi connectivity index (χ0) is 24.1. The van der Waals surface area contributed by atoms with Gasteiger partial charge in [-0.15, -0.1) is 0 Å². The van der Waals surface area contributed by atoms with Crippen LogP contribution in [0.25, 0.3) is 0 Å². The van der Waals surface area contributed by atoms with Crippen LogP contribution < -0.4 is 21.3 Å². The maximum absolute atomic E-state index is 12.0. The van der Waals surface area contributed by atoms with E-state index in [-0.39, 0.29) is 17.6 Å². The van der Waals surface area contributed by atoms with Gasteiger partial charge in [-0.3, -0.25) is 14.4 Å². The molecule has 4 rings (SSSR count). The van der Waals surface area contributed by atoms with Crippen LogP contribution in [0.15, 0.2) is 30.5 Å². The number of piperidine rings is 2. The van der Waals surface area contributed by atoms with Crippen LogP contribution in [0.5, 0.6) is 0 Å². The number of nitrogens with one attached hydrogen (secondary N) is 2. The fraction of sp³-hybridized carbons (Fsp3) is 0.458. The Morgan fingerprint density at radius 1 is 1.12 bits per heavy atom. The molecule has 4 N–H and O–H groups in total. The van der Waals surface area contributed by atoms with Gasteiger partial charge in [0, 0.05) is 44.8 Å². The molecule has 0 saturated carbocycles. The molecule has 2 saturated heterocycles. The quantitative estimate of drug-likeness (QED) is 0.531. The normalized spacial score (nSPS) is 18.9. The van der Waals surface area contributed by atoms with Gasteiger partial charge in [-0.25, -0.2) is 9.97 Å². The third-order valence-corrected chi connectivity index (χ3v) is 6.47. The van der Waals surface area contributed by atoms with Crippen LogP contribution in [0.4, 0.5) is 17.3 Å². The van der Waals surface area contributed by atoms with E-state index >= 15 is 0 Å². The summed E-state index contributed by atoms with van der Waals surface area (Å²) in [6, 6.07) is 8.08. The molecule has 2 fully saturated rings. The van der Waals surface area contributed by atoms with Crippen LogP contribution >= 0.6 is 0 Å². The molecule has 3 amide bonds. The molecule has 10 heteroatoms. The Labute approximate surface area is 198 Å². The van der Waals surface area contributed by atoms with E-state index in [1.165, 1.54) is 12.5 Å². The Morgan fingerprint density at radius 2 is 1.85 bits per heavy atom. The average molecular weight is 466 g/mol. The number of anilines is 3. The molecule has 1 aromatic heterocycles. The van der Waals surface area contributed by atoms with Crippen LogP contribution in [0, 0.1) is 0 Å². The van der Waals surface area contributed by atoms with Crippen molar-refractivity contribution < 1.29 is 14.4 Å². The van der Waals surface area contributed by atoms with Crippen molar-refractivity contribution in [2.24, 2.45) is 5.73 Å². The Bertz CT molecular complexity index is 1040. The van der Waals surface area contributed by atoms with Gasteiger partial charge in [0.25, 0.3) is 5.91 Å². The van der Waals surface area contributed by atoms with Gasteiger partial charge in [-0.1, -0.05) is 12.1 Å². The lowest BCUT2D eigenvalue weighted by Gasteiger charge is -2.33. The smallest absolute Gasteiger partial charge is 0.271 e. The van der Waals surface area contributed by atoms with E-state index in [4.69, 9.17) is 5.73 Å². The lowest BCUT2D eigenvalue weighted by atomic mass is 9.89. The second-order valence-electron chi connectivity index (χ2n) is 8.94. The first-order valence-electron chi connectivity index (χ1n) is 11.7. The summed E-state index contributed by atoms with van der Waals surface area (Å²) in [4.78, 5) is 47.2. The Balaban J connectivity index is 1.49. The molecule has 2 aromatic rings. The first kappa shape index (κ1) is 23.5. The van der Waals surface area contributed by atoms with Gasteiger partial charge in [-0.05, 0) is 49.3 Å². The summed E-state index contributed by atoms with van der Waals surface area (Å²) in [5, 5.41) is 6.16. The van der Waals surface area contributed by atoms with Crippen LogP contribution in [0.2, 0.25) is 0 Å². The van der Waals surface area contributed by atoms with Crippen molar-refractivity contribution in [3.63, 3.8) is 0 Å². The molecule has 1 unspecified atom stereocenters. The molecule has 2 aliphatic heterocycles. The molecule has 3 heterocycles. The van der Waals surface area contributed by atoms with Crippen LogP contribution in [-0.2, 0) is 9.59 Å². The van der Waals surface area contributed by atoms with Crippen LogP contribution in [0.3, 0.4) is 0 Å². The van der Waals surface area contributed by atoms with E-state index in [9.17, 15) is 14.4 Å². The average Bonchev–Trinajstić information content (AvgIpc) is 2.84. The van der Waals surface area contributed by atoms with Crippen molar-refractivity contribution >= 4 is 35.5 Å². The number of nitrogens with two attached hydrogens (primary N) is 1. The van der Waals surface area contributed by atoms with Crippen molar-refractivity contribution in [3.8, 4) is 0 Å². The maximum atomic E-state index is 12.0. The largest absolute Gasteiger partial charge is 0.364 e. The van der Waals surface area contributed by atoms with Gasteiger partial charge >= 0.3 is 0 Å². The standard InChI is InChI=1S/C24H31N7O3/c1-16(33)27-20-3-2-10-31(14-20)21-13-26-22(23(25)34)24(29-21)28-19-6-4-17(5-7-19)18-8-11-30(15-32)12-9-18/h4-7,13,15,18,20H,2-3,8-12,14H2,1H3,(H2,25,34)(H,27,33)(H,28,29). The fourth-order valence-corrected chi connectivity index (χ4v) is 4.70. The fourth-order valence-electron chi connectivity index (χ4n) is 4.70. The molecule has 34 heavy (non-hydrogen) atoms. The van der Waals surface area contributed by atoms with Gasteiger partial charge < -0.3 is 26.2 Å². The number of carbonyl (C=O) groups excluding carboxylic acids is 3. The number of carbonyl (C=O) groups is 3. The highest BCUT2D eigenvalue weighted by atomic mass is 16.2. The minimum Gasteiger partial charge on any atom is -0.364 e. The lowest BCUT2D eigenvalue weighted by molar-refractivity contribution is -0.120. The Hall–Kier alpha value is -3.69. The van der Waals surface area contributed by atoms with Gasteiger partial charge in [0.1, 0.15) is 5.82 Å². The van der Waals surface area contributed by atoms with Gasteiger partial charge in [0.05, 0.1) is 6.20 Å². The second-order valence-corrected chi connectivity index (χ2v) is 8.94. The van der Waals surface area contributed by atoms with E-state index in [0.29, 0.717) is 24.1 Å². The third-order valence-electron chi connectivity index (χ3n) is 6.47. The molecule has 1 atom stereocenters. The van der Waals surface area contributed by atoms with Crippen LogP contribution in [0.1, 0.15) is 54.6 Å². The first-order chi connectivity index (χ1) is 16.4. The van der Waals surface area contributed by atoms with E-state index in [1.54, 1.807) is 6.20 Å². The van der Waals surface area contributed by atoms with Gasteiger partial charge in [0.2, 0.25) is 12.3 Å². The number of aromatic nitrogens is 2. The zero-order valence-electron chi connectivity index (χ0n) is 19.4. The molecule has 1 aromatic carbocycles. The Kier molecular flexibility index (Phi) is 7.24. The van der Waals surface area contributed by atoms with Gasteiger partial charge in [-0.2, -0.15) is 0 Å². The number of nitrogens with zero attached hydrogens (tertiary/aromatic N) is 4. The Morgan fingerprint density at radius 3 is 2.50 bits per heavy atom. The van der Waals surface area contributed by atoms with E-state index in [1.807, 2.05) is 17.0 Å². The third kappa shape index (κ3) is 5.62. The first-order valence-corrected chi connectivity index (χ1v) is 11.7. The van der Waals surface area contributed by atoms with Gasteiger partial charge in [0.15, 0.2) is 11.5 Å². The summed E-state index contributed by atoms with van der Waals surface area (Å²) >= 11 is 0. The molecular weight excluding hydrogens is 434 g/mol. The topological polar surface area (TPSA) is 134 Å². The van der Waals surface area contributed by atoms with E-state index in [2.05, 4.69) is 37.6 Å². The summed E-state index contributed by atoms with van der Waals surface area (Å²) < 4.78 is 0.